The summed E-state index contributed by atoms with van der Waals surface area (Å²) in [7, 11) is 0. The summed E-state index contributed by atoms with van der Waals surface area (Å²) in [6, 6.07) is 0. The van der Waals surface area contributed by atoms with E-state index in [1.807, 2.05) is 0 Å². The van der Waals surface area contributed by atoms with Gasteiger partial charge < -0.3 is 0 Å². The lowest BCUT2D eigenvalue weighted by atomic mass is 9.57. The van der Waals surface area contributed by atoms with Gasteiger partial charge in [0, 0.05) is 11.8 Å². The van der Waals surface area contributed by atoms with Crippen molar-refractivity contribution < 1.29 is 9.59 Å². The van der Waals surface area contributed by atoms with E-state index >= 15 is 0 Å². The number of carbonyl (C=O) groups excluding carboxylic acids is 2. The highest BCUT2D eigenvalue weighted by Gasteiger charge is 2.49. The molecule has 0 aliphatic heterocycles. The van der Waals surface area contributed by atoms with Crippen LogP contribution in [-0.2, 0) is 9.59 Å². The van der Waals surface area contributed by atoms with E-state index in [0.717, 1.165) is 25.7 Å². The smallest absolute Gasteiger partial charge is 0.202 e. The average molecular weight is 220 g/mol. The van der Waals surface area contributed by atoms with E-state index in [1.165, 1.54) is 25.7 Å². The van der Waals surface area contributed by atoms with Gasteiger partial charge in [-0.1, -0.05) is 25.7 Å². The Bertz CT molecular complexity index is 289. The molecular formula is C14H20O2. The van der Waals surface area contributed by atoms with Crippen molar-refractivity contribution in [1.29, 1.82) is 0 Å². The average Bonchev–Trinajstić information content (AvgIpc) is 2.36. The van der Waals surface area contributed by atoms with E-state index in [4.69, 9.17) is 0 Å². The number of ketones is 2. The van der Waals surface area contributed by atoms with Gasteiger partial charge in [-0.2, -0.15) is 0 Å². The highest BCUT2D eigenvalue weighted by atomic mass is 16.2. The van der Waals surface area contributed by atoms with Crippen LogP contribution in [0.25, 0.3) is 0 Å². The van der Waals surface area contributed by atoms with Crippen LogP contribution in [0.1, 0.15) is 51.4 Å². The van der Waals surface area contributed by atoms with Crippen LogP contribution in [0.3, 0.4) is 0 Å². The molecule has 2 heteroatoms. The van der Waals surface area contributed by atoms with Crippen LogP contribution in [0, 0.1) is 23.7 Å². The SMILES string of the molecule is O=C1C(=O)C2CCCCC2C2CCCCC12. The van der Waals surface area contributed by atoms with Crippen LogP contribution >= 0.6 is 0 Å². The summed E-state index contributed by atoms with van der Waals surface area (Å²) in [6.45, 7) is 0. The van der Waals surface area contributed by atoms with E-state index in [1.54, 1.807) is 0 Å². The Labute approximate surface area is 96.8 Å². The van der Waals surface area contributed by atoms with Gasteiger partial charge in [-0.15, -0.1) is 0 Å². The van der Waals surface area contributed by atoms with Crippen LogP contribution < -0.4 is 0 Å². The van der Waals surface area contributed by atoms with Gasteiger partial charge in [0.2, 0.25) is 11.6 Å². The molecule has 0 N–H and O–H groups in total. The summed E-state index contributed by atoms with van der Waals surface area (Å²) in [4.78, 5) is 24.1. The fourth-order valence-corrected chi connectivity index (χ4v) is 4.36. The zero-order valence-electron chi connectivity index (χ0n) is 9.78. The van der Waals surface area contributed by atoms with Gasteiger partial charge in [-0.05, 0) is 37.5 Å². The minimum absolute atomic E-state index is 0.00662. The first kappa shape index (κ1) is 10.5. The molecular weight excluding hydrogens is 200 g/mol. The van der Waals surface area contributed by atoms with Crippen LogP contribution in [0.5, 0.6) is 0 Å². The third kappa shape index (κ3) is 1.46. The fourth-order valence-electron chi connectivity index (χ4n) is 4.36. The molecule has 3 aliphatic carbocycles. The molecule has 2 nitrogen and oxygen atoms in total. The summed E-state index contributed by atoms with van der Waals surface area (Å²) in [5.74, 6) is 1.33. The molecule has 88 valence electrons. The minimum atomic E-state index is -0.00662. The summed E-state index contributed by atoms with van der Waals surface area (Å²) >= 11 is 0. The molecule has 0 amide bonds. The Morgan fingerprint density at radius 2 is 1.00 bits per heavy atom. The van der Waals surface area contributed by atoms with Crippen molar-refractivity contribution in [2.24, 2.45) is 23.7 Å². The van der Waals surface area contributed by atoms with Gasteiger partial charge >= 0.3 is 0 Å². The Morgan fingerprint density at radius 3 is 1.44 bits per heavy atom. The van der Waals surface area contributed by atoms with Crippen molar-refractivity contribution in [1.82, 2.24) is 0 Å². The fraction of sp³-hybridized carbons (Fsp3) is 0.857. The van der Waals surface area contributed by atoms with E-state index in [-0.39, 0.29) is 23.4 Å². The van der Waals surface area contributed by atoms with Gasteiger partial charge in [-0.25, -0.2) is 0 Å². The maximum Gasteiger partial charge on any atom is 0.202 e. The normalized spacial score (nSPS) is 43.8. The molecule has 0 aromatic rings. The molecule has 0 heterocycles. The largest absolute Gasteiger partial charge is 0.291 e. The van der Waals surface area contributed by atoms with Gasteiger partial charge in [-0.3, -0.25) is 9.59 Å². The van der Waals surface area contributed by atoms with Crippen molar-refractivity contribution >= 4 is 11.6 Å². The summed E-state index contributed by atoms with van der Waals surface area (Å²) < 4.78 is 0. The van der Waals surface area contributed by atoms with Crippen molar-refractivity contribution in [3.63, 3.8) is 0 Å². The molecule has 0 aromatic carbocycles. The molecule has 0 aromatic heterocycles. The third-order valence-corrected chi connectivity index (χ3v) is 5.11. The second-order valence-electron chi connectivity index (χ2n) is 5.84. The lowest BCUT2D eigenvalue weighted by molar-refractivity contribution is -0.151. The first-order chi connectivity index (χ1) is 7.79. The molecule has 0 saturated heterocycles. The van der Waals surface area contributed by atoms with Crippen molar-refractivity contribution in [2.45, 2.75) is 51.4 Å². The Kier molecular flexibility index (Phi) is 2.61. The Balaban J connectivity index is 1.90. The molecule has 16 heavy (non-hydrogen) atoms. The number of hydrogen-bond acceptors (Lipinski definition) is 2. The predicted molar refractivity (Wildman–Crippen MR) is 60.9 cm³/mol. The lowest BCUT2D eigenvalue weighted by Gasteiger charge is -2.45. The van der Waals surface area contributed by atoms with Gasteiger partial charge in [0.25, 0.3) is 0 Å². The van der Waals surface area contributed by atoms with Gasteiger partial charge in [0.15, 0.2) is 0 Å². The summed E-state index contributed by atoms with van der Waals surface area (Å²) in [5.41, 5.74) is 0. The van der Waals surface area contributed by atoms with Crippen LogP contribution in [0.2, 0.25) is 0 Å². The number of hydrogen-bond donors (Lipinski definition) is 0. The van der Waals surface area contributed by atoms with Crippen molar-refractivity contribution in [2.75, 3.05) is 0 Å². The topological polar surface area (TPSA) is 34.1 Å². The van der Waals surface area contributed by atoms with Gasteiger partial charge in [0.05, 0.1) is 0 Å². The van der Waals surface area contributed by atoms with Crippen molar-refractivity contribution in [3.05, 3.63) is 0 Å². The Morgan fingerprint density at radius 1 is 0.625 bits per heavy atom. The number of fused-ring (bicyclic) bond motifs is 3. The van der Waals surface area contributed by atoms with Crippen LogP contribution in [0.4, 0.5) is 0 Å². The number of carbonyl (C=O) groups is 2. The zero-order chi connectivity index (χ0) is 11.1. The molecule has 3 fully saturated rings. The Hall–Kier alpha value is -0.660. The van der Waals surface area contributed by atoms with E-state index < -0.39 is 0 Å². The maximum absolute atomic E-state index is 12.1. The first-order valence-electron chi connectivity index (χ1n) is 6.87. The molecule has 4 unspecified atom stereocenters. The van der Waals surface area contributed by atoms with Crippen LogP contribution in [-0.4, -0.2) is 11.6 Å². The molecule has 0 bridgehead atoms. The predicted octanol–water partition coefficient (Wildman–Crippen LogP) is 2.75. The summed E-state index contributed by atoms with van der Waals surface area (Å²) in [6.07, 6.45) is 9.21. The van der Waals surface area contributed by atoms with E-state index in [2.05, 4.69) is 0 Å². The standard InChI is InChI=1S/C14H20O2/c15-13-11-7-3-1-5-9(11)10-6-2-4-8-12(10)14(13)16/h9-12H,1-8H2. The molecule has 3 saturated carbocycles. The molecule has 3 rings (SSSR count). The van der Waals surface area contributed by atoms with Crippen molar-refractivity contribution in [3.8, 4) is 0 Å². The van der Waals surface area contributed by atoms with E-state index in [9.17, 15) is 9.59 Å². The number of rotatable bonds is 0. The quantitative estimate of drug-likeness (QED) is 0.588. The first-order valence-corrected chi connectivity index (χ1v) is 6.87. The second-order valence-corrected chi connectivity index (χ2v) is 5.84. The van der Waals surface area contributed by atoms with Gasteiger partial charge in [0.1, 0.15) is 0 Å². The second kappa shape index (κ2) is 3.97. The highest BCUT2D eigenvalue weighted by Crippen LogP contribution is 2.48. The summed E-state index contributed by atoms with van der Waals surface area (Å²) in [5, 5.41) is 0. The maximum atomic E-state index is 12.1. The monoisotopic (exact) mass is 220 g/mol. The number of Topliss-reactive ketones (excluding diaryl/α,β-unsaturated/α-hetero) is 2. The van der Waals surface area contributed by atoms with Crippen LogP contribution in [0.15, 0.2) is 0 Å². The third-order valence-electron chi connectivity index (χ3n) is 5.11. The van der Waals surface area contributed by atoms with E-state index in [0.29, 0.717) is 11.8 Å². The molecule has 0 radical (unpaired) electrons. The minimum Gasteiger partial charge on any atom is -0.291 e. The molecule has 0 spiro atoms. The lowest BCUT2D eigenvalue weighted by Crippen LogP contribution is -2.49. The zero-order valence-corrected chi connectivity index (χ0v) is 9.78. The molecule has 4 atom stereocenters. The highest BCUT2D eigenvalue weighted by molar-refractivity contribution is 6.39. The molecule has 3 aliphatic rings.